The molecule has 0 aliphatic carbocycles. The van der Waals surface area contributed by atoms with E-state index in [1.54, 1.807) is 12.4 Å². The molecule has 0 amide bonds. The van der Waals surface area contributed by atoms with Crippen molar-refractivity contribution in [2.24, 2.45) is 5.73 Å². The number of nitrogens with two attached hydrogens (primary N) is 1. The largest absolute Gasteiger partial charge is 0.366 e. The van der Waals surface area contributed by atoms with Crippen molar-refractivity contribution in [2.75, 3.05) is 6.54 Å². The summed E-state index contributed by atoms with van der Waals surface area (Å²) < 4.78 is 5.58. The first kappa shape index (κ1) is 11.2. The summed E-state index contributed by atoms with van der Waals surface area (Å²) in [7, 11) is 0. The van der Waals surface area contributed by atoms with E-state index in [-0.39, 0.29) is 18.0 Å². The molecule has 1 aromatic rings. The Morgan fingerprint density at radius 3 is 3.06 bits per heavy atom. The van der Waals surface area contributed by atoms with Crippen LogP contribution in [0.4, 0.5) is 0 Å². The summed E-state index contributed by atoms with van der Waals surface area (Å²) in [6.45, 7) is 2.39. The molecule has 2 heterocycles. The van der Waals surface area contributed by atoms with Crippen LogP contribution in [-0.2, 0) is 4.74 Å². The first-order chi connectivity index (χ1) is 7.72. The van der Waals surface area contributed by atoms with E-state index in [1.807, 2.05) is 13.0 Å². The molecule has 1 fully saturated rings. The summed E-state index contributed by atoms with van der Waals surface area (Å²) in [5.41, 5.74) is 7.12. The quantitative estimate of drug-likeness (QED) is 0.774. The van der Waals surface area contributed by atoms with Gasteiger partial charge in [-0.05, 0) is 31.4 Å². The van der Waals surface area contributed by atoms with E-state index in [0.29, 0.717) is 12.1 Å². The zero-order valence-electron chi connectivity index (χ0n) is 9.35. The molecule has 1 aromatic heterocycles. The number of pyridine rings is 1. The predicted molar refractivity (Wildman–Crippen MR) is 60.3 cm³/mol. The number of aryl methyl sites for hydroxylation is 1. The number of ketones is 1. The van der Waals surface area contributed by atoms with Gasteiger partial charge in [-0.3, -0.25) is 9.78 Å². The van der Waals surface area contributed by atoms with Gasteiger partial charge in [0.05, 0.1) is 6.10 Å². The van der Waals surface area contributed by atoms with Crippen LogP contribution in [0.1, 0.15) is 28.8 Å². The standard InChI is InChI=1S/C12H16N2O2/c1-8-4-5-14-7-10(8)12(15)11-3-2-9(6-13)16-11/h4-5,7,9,11H,2-3,6,13H2,1H3. The summed E-state index contributed by atoms with van der Waals surface area (Å²) in [5.74, 6) is 0.0292. The molecular formula is C12H16N2O2. The maximum atomic E-state index is 12.1. The van der Waals surface area contributed by atoms with Crippen LogP contribution in [0.2, 0.25) is 0 Å². The van der Waals surface area contributed by atoms with Crippen LogP contribution >= 0.6 is 0 Å². The Bertz CT molecular complexity index is 392. The lowest BCUT2D eigenvalue weighted by Crippen LogP contribution is -2.25. The topological polar surface area (TPSA) is 65.2 Å². The molecule has 1 aliphatic heterocycles. The van der Waals surface area contributed by atoms with Crippen molar-refractivity contribution in [1.29, 1.82) is 0 Å². The van der Waals surface area contributed by atoms with Crippen LogP contribution in [0, 0.1) is 6.92 Å². The van der Waals surface area contributed by atoms with E-state index in [0.717, 1.165) is 18.4 Å². The van der Waals surface area contributed by atoms with Crippen LogP contribution in [0.3, 0.4) is 0 Å². The number of Topliss-reactive ketones (excluding diaryl/α,β-unsaturated/α-hetero) is 1. The van der Waals surface area contributed by atoms with Gasteiger partial charge in [0.2, 0.25) is 0 Å². The molecule has 4 heteroatoms. The normalized spacial score (nSPS) is 24.6. The lowest BCUT2D eigenvalue weighted by atomic mass is 10.0. The Labute approximate surface area is 94.8 Å². The smallest absolute Gasteiger partial charge is 0.193 e. The third-order valence-electron chi connectivity index (χ3n) is 2.97. The van der Waals surface area contributed by atoms with Gasteiger partial charge in [-0.1, -0.05) is 0 Å². The number of hydrogen-bond acceptors (Lipinski definition) is 4. The summed E-state index contributed by atoms with van der Waals surface area (Å²) in [4.78, 5) is 16.1. The average Bonchev–Trinajstić information content (AvgIpc) is 2.77. The van der Waals surface area contributed by atoms with Crippen molar-refractivity contribution in [3.05, 3.63) is 29.6 Å². The fraction of sp³-hybridized carbons (Fsp3) is 0.500. The summed E-state index contributed by atoms with van der Waals surface area (Å²) >= 11 is 0. The Morgan fingerprint density at radius 2 is 2.44 bits per heavy atom. The summed E-state index contributed by atoms with van der Waals surface area (Å²) in [6, 6.07) is 1.84. The molecule has 0 spiro atoms. The minimum Gasteiger partial charge on any atom is -0.366 e. The lowest BCUT2D eigenvalue weighted by molar-refractivity contribution is 0.0403. The van der Waals surface area contributed by atoms with Crippen LogP contribution in [0.15, 0.2) is 18.5 Å². The van der Waals surface area contributed by atoms with Gasteiger partial charge in [-0.2, -0.15) is 0 Å². The van der Waals surface area contributed by atoms with Crippen molar-refractivity contribution in [3.63, 3.8) is 0 Å². The van der Waals surface area contributed by atoms with Crippen molar-refractivity contribution >= 4 is 5.78 Å². The molecule has 0 aromatic carbocycles. The minimum atomic E-state index is -0.337. The molecule has 1 saturated heterocycles. The van der Waals surface area contributed by atoms with Gasteiger partial charge in [0, 0.05) is 24.5 Å². The second-order valence-electron chi connectivity index (χ2n) is 4.11. The molecule has 2 atom stereocenters. The van der Waals surface area contributed by atoms with Crippen LogP contribution < -0.4 is 5.73 Å². The number of nitrogens with zero attached hydrogens (tertiary/aromatic N) is 1. The zero-order chi connectivity index (χ0) is 11.5. The molecule has 2 unspecified atom stereocenters. The van der Waals surface area contributed by atoms with Crippen LogP contribution in [0.25, 0.3) is 0 Å². The number of rotatable bonds is 3. The van der Waals surface area contributed by atoms with Crippen molar-refractivity contribution in [1.82, 2.24) is 4.98 Å². The third kappa shape index (κ3) is 2.13. The summed E-state index contributed by atoms with van der Waals surface area (Å²) in [6.07, 6.45) is 4.62. The minimum absolute atomic E-state index is 0.0292. The molecule has 2 N–H and O–H groups in total. The molecule has 2 rings (SSSR count). The first-order valence-corrected chi connectivity index (χ1v) is 5.52. The van der Waals surface area contributed by atoms with E-state index in [1.165, 1.54) is 0 Å². The molecule has 0 radical (unpaired) electrons. The monoisotopic (exact) mass is 220 g/mol. The molecule has 0 saturated carbocycles. The number of hydrogen-bond donors (Lipinski definition) is 1. The number of ether oxygens (including phenoxy) is 1. The Kier molecular flexibility index (Phi) is 3.31. The predicted octanol–water partition coefficient (Wildman–Crippen LogP) is 1.08. The van der Waals surface area contributed by atoms with E-state index in [9.17, 15) is 4.79 Å². The van der Waals surface area contributed by atoms with Gasteiger partial charge < -0.3 is 10.5 Å². The van der Waals surface area contributed by atoms with Gasteiger partial charge >= 0.3 is 0 Å². The highest BCUT2D eigenvalue weighted by atomic mass is 16.5. The molecule has 86 valence electrons. The fourth-order valence-electron chi connectivity index (χ4n) is 1.97. The highest BCUT2D eigenvalue weighted by Crippen LogP contribution is 2.23. The highest BCUT2D eigenvalue weighted by molar-refractivity contribution is 6.00. The first-order valence-electron chi connectivity index (χ1n) is 5.52. The highest BCUT2D eigenvalue weighted by Gasteiger charge is 2.31. The Hall–Kier alpha value is -1.26. The van der Waals surface area contributed by atoms with Crippen molar-refractivity contribution in [2.45, 2.75) is 32.0 Å². The molecule has 16 heavy (non-hydrogen) atoms. The third-order valence-corrected chi connectivity index (χ3v) is 2.97. The van der Waals surface area contributed by atoms with Gasteiger partial charge in [0.1, 0.15) is 6.10 Å². The van der Waals surface area contributed by atoms with Gasteiger partial charge in [-0.25, -0.2) is 0 Å². The van der Waals surface area contributed by atoms with E-state index >= 15 is 0 Å². The van der Waals surface area contributed by atoms with Gasteiger partial charge in [0.25, 0.3) is 0 Å². The molecule has 1 aliphatic rings. The van der Waals surface area contributed by atoms with Crippen molar-refractivity contribution < 1.29 is 9.53 Å². The van der Waals surface area contributed by atoms with Crippen LogP contribution in [0.5, 0.6) is 0 Å². The molecular weight excluding hydrogens is 204 g/mol. The van der Waals surface area contributed by atoms with Crippen LogP contribution in [-0.4, -0.2) is 29.5 Å². The van der Waals surface area contributed by atoms with Crippen molar-refractivity contribution in [3.8, 4) is 0 Å². The SMILES string of the molecule is Cc1ccncc1C(=O)C1CCC(CN)O1. The second-order valence-corrected chi connectivity index (χ2v) is 4.11. The lowest BCUT2D eigenvalue weighted by Gasteiger charge is -2.12. The van der Waals surface area contributed by atoms with E-state index in [4.69, 9.17) is 10.5 Å². The number of carbonyl (C=O) groups excluding carboxylic acids is 1. The molecule has 4 nitrogen and oxygen atoms in total. The zero-order valence-corrected chi connectivity index (χ0v) is 9.35. The fourth-order valence-corrected chi connectivity index (χ4v) is 1.97. The average molecular weight is 220 g/mol. The van der Waals surface area contributed by atoms with Gasteiger partial charge in [-0.15, -0.1) is 0 Å². The van der Waals surface area contributed by atoms with E-state index < -0.39 is 0 Å². The van der Waals surface area contributed by atoms with Gasteiger partial charge in [0.15, 0.2) is 5.78 Å². The Balaban J connectivity index is 2.12. The second kappa shape index (κ2) is 4.72. The Morgan fingerprint density at radius 1 is 1.62 bits per heavy atom. The maximum Gasteiger partial charge on any atom is 0.193 e. The molecule has 0 bridgehead atoms. The maximum absolute atomic E-state index is 12.1. The number of carbonyl (C=O) groups is 1. The van der Waals surface area contributed by atoms with E-state index in [2.05, 4.69) is 4.98 Å². The number of aromatic nitrogens is 1. The summed E-state index contributed by atoms with van der Waals surface area (Å²) in [5, 5.41) is 0.